The van der Waals surface area contributed by atoms with E-state index in [1.807, 2.05) is 13.0 Å². The lowest BCUT2D eigenvalue weighted by Crippen LogP contribution is -1.70. The van der Waals surface area contributed by atoms with Gasteiger partial charge in [0.2, 0.25) is 0 Å². The van der Waals surface area contributed by atoms with Gasteiger partial charge >= 0.3 is 0 Å². The van der Waals surface area contributed by atoms with Crippen molar-refractivity contribution in [3.63, 3.8) is 0 Å². The lowest BCUT2D eigenvalue weighted by molar-refractivity contribution is 0.476. The fourth-order valence-electron chi connectivity index (χ4n) is 1.46. The van der Waals surface area contributed by atoms with Crippen LogP contribution in [0.15, 0.2) is 18.2 Å². The molecule has 2 heteroatoms. The monoisotopic (exact) mass is 161 g/mol. The maximum Gasteiger partial charge on any atom is 0.117 e. The third-order valence-electron chi connectivity index (χ3n) is 2.29. The van der Waals surface area contributed by atoms with E-state index in [0.29, 0.717) is 5.75 Å². The van der Waals surface area contributed by atoms with Gasteiger partial charge in [0.15, 0.2) is 0 Å². The molecule has 0 fully saturated rings. The van der Waals surface area contributed by atoms with Gasteiger partial charge in [0.1, 0.15) is 5.75 Å². The summed E-state index contributed by atoms with van der Waals surface area (Å²) in [4.78, 5) is 3.21. The fourth-order valence-corrected chi connectivity index (χ4v) is 1.46. The van der Waals surface area contributed by atoms with Crippen molar-refractivity contribution in [2.24, 2.45) is 0 Å². The van der Waals surface area contributed by atoms with Gasteiger partial charge in [-0.15, -0.1) is 0 Å². The Hall–Kier alpha value is -1.44. The molecule has 2 N–H and O–H groups in total. The van der Waals surface area contributed by atoms with E-state index in [1.54, 1.807) is 12.1 Å². The molecule has 0 aliphatic carbocycles. The summed E-state index contributed by atoms with van der Waals surface area (Å²) in [5.74, 6) is 0.309. The van der Waals surface area contributed by atoms with E-state index >= 15 is 0 Å². The minimum atomic E-state index is 0.309. The normalized spacial score (nSPS) is 10.8. The molecule has 1 aromatic carbocycles. The first-order valence-corrected chi connectivity index (χ1v) is 3.96. The molecule has 0 saturated carbocycles. The van der Waals surface area contributed by atoms with E-state index in [0.717, 1.165) is 11.2 Å². The molecule has 2 nitrogen and oxygen atoms in total. The SMILES string of the molecule is Cc1[nH]c2cc(O)ccc2c1C. The first kappa shape index (κ1) is 7.22. The zero-order valence-corrected chi connectivity index (χ0v) is 7.18. The second kappa shape index (κ2) is 2.27. The molecular formula is C10H11NO. The smallest absolute Gasteiger partial charge is 0.117 e. The standard InChI is InChI=1S/C10H11NO/c1-6-7(2)11-10-5-8(12)3-4-9(6)10/h3-5,11-12H,1-2H3. The highest BCUT2D eigenvalue weighted by Gasteiger charge is 2.03. The van der Waals surface area contributed by atoms with Gasteiger partial charge in [-0.1, -0.05) is 0 Å². The highest BCUT2D eigenvalue weighted by molar-refractivity contribution is 5.85. The highest BCUT2D eigenvalue weighted by atomic mass is 16.3. The number of aromatic nitrogens is 1. The Labute approximate surface area is 70.8 Å². The van der Waals surface area contributed by atoms with E-state index < -0.39 is 0 Å². The number of aromatic amines is 1. The van der Waals surface area contributed by atoms with Gasteiger partial charge in [-0.2, -0.15) is 0 Å². The average Bonchev–Trinajstić information content (AvgIpc) is 2.28. The van der Waals surface area contributed by atoms with E-state index in [9.17, 15) is 5.11 Å². The van der Waals surface area contributed by atoms with Gasteiger partial charge in [0.25, 0.3) is 0 Å². The Morgan fingerprint density at radius 1 is 1.25 bits per heavy atom. The molecule has 12 heavy (non-hydrogen) atoms. The minimum Gasteiger partial charge on any atom is -0.508 e. The van der Waals surface area contributed by atoms with E-state index in [2.05, 4.69) is 11.9 Å². The van der Waals surface area contributed by atoms with Crippen molar-refractivity contribution in [1.82, 2.24) is 4.98 Å². The number of H-pyrrole nitrogens is 1. The molecule has 0 aliphatic rings. The van der Waals surface area contributed by atoms with Crippen molar-refractivity contribution in [3.05, 3.63) is 29.5 Å². The van der Waals surface area contributed by atoms with E-state index in [-0.39, 0.29) is 0 Å². The summed E-state index contributed by atoms with van der Waals surface area (Å²) >= 11 is 0. The maximum atomic E-state index is 9.21. The Bertz CT molecular complexity index is 429. The first-order chi connectivity index (χ1) is 5.68. The van der Waals surface area contributed by atoms with Crippen LogP contribution in [0, 0.1) is 13.8 Å². The van der Waals surface area contributed by atoms with Crippen molar-refractivity contribution in [2.45, 2.75) is 13.8 Å². The molecular weight excluding hydrogens is 150 g/mol. The van der Waals surface area contributed by atoms with Crippen LogP contribution in [0.1, 0.15) is 11.3 Å². The molecule has 0 aliphatic heterocycles. The predicted molar refractivity (Wildman–Crippen MR) is 49.4 cm³/mol. The summed E-state index contributed by atoms with van der Waals surface area (Å²) in [7, 11) is 0. The quantitative estimate of drug-likeness (QED) is 0.611. The summed E-state index contributed by atoms with van der Waals surface area (Å²) < 4.78 is 0. The van der Waals surface area contributed by atoms with Crippen LogP contribution in [0.2, 0.25) is 0 Å². The van der Waals surface area contributed by atoms with Crippen LogP contribution in [0.5, 0.6) is 5.75 Å². The number of phenols is 1. The summed E-state index contributed by atoms with van der Waals surface area (Å²) in [5, 5.41) is 10.4. The van der Waals surface area contributed by atoms with E-state index in [1.165, 1.54) is 10.9 Å². The number of aromatic hydroxyl groups is 1. The Morgan fingerprint density at radius 3 is 2.75 bits per heavy atom. The van der Waals surface area contributed by atoms with Crippen LogP contribution in [0.4, 0.5) is 0 Å². The molecule has 2 aromatic rings. The second-order valence-corrected chi connectivity index (χ2v) is 3.10. The zero-order valence-electron chi connectivity index (χ0n) is 7.18. The maximum absolute atomic E-state index is 9.21. The number of nitrogens with one attached hydrogen (secondary N) is 1. The van der Waals surface area contributed by atoms with Crippen LogP contribution in [0.25, 0.3) is 10.9 Å². The Kier molecular flexibility index (Phi) is 1.37. The first-order valence-electron chi connectivity index (χ1n) is 3.96. The predicted octanol–water partition coefficient (Wildman–Crippen LogP) is 2.49. The topological polar surface area (TPSA) is 36.0 Å². The van der Waals surface area contributed by atoms with Gasteiger partial charge < -0.3 is 10.1 Å². The van der Waals surface area contributed by atoms with Gasteiger partial charge in [-0.05, 0) is 31.5 Å². The largest absolute Gasteiger partial charge is 0.508 e. The van der Waals surface area contributed by atoms with Crippen LogP contribution in [-0.2, 0) is 0 Å². The Balaban J connectivity index is 2.87. The summed E-state index contributed by atoms with van der Waals surface area (Å²) in [6.45, 7) is 4.11. The fraction of sp³-hybridized carbons (Fsp3) is 0.200. The number of fused-ring (bicyclic) bond motifs is 1. The number of benzene rings is 1. The van der Waals surface area contributed by atoms with Crippen LogP contribution < -0.4 is 0 Å². The van der Waals surface area contributed by atoms with Crippen LogP contribution >= 0.6 is 0 Å². The highest BCUT2D eigenvalue weighted by Crippen LogP contribution is 2.24. The number of rotatable bonds is 0. The molecule has 1 aromatic heterocycles. The molecule has 0 bridgehead atoms. The number of phenolic OH excluding ortho intramolecular Hbond substituents is 1. The van der Waals surface area contributed by atoms with Gasteiger partial charge in [0.05, 0.1) is 0 Å². The summed E-state index contributed by atoms with van der Waals surface area (Å²) in [6.07, 6.45) is 0. The molecule has 62 valence electrons. The summed E-state index contributed by atoms with van der Waals surface area (Å²) in [5.41, 5.74) is 3.42. The molecule has 0 saturated heterocycles. The van der Waals surface area contributed by atoms with Crippen molar-refractivity contribution in [2.75, 3.05) is 0 Å². The van der Waals surface area contributed by atoms with Crippen molar-refractivity contribution in [3.8, 4) is 5.75 Å². The number of hydrogen-bond donors (Lipinski definition) is 2. The minimum absolute atomic E-state index is 0.309. The third-order valence-corrected chi connectivity index (χ3v) is 2.29. The van der Waals surface area contributed by atoms with Gasteiger partial charge in [-0.3, -0.25) is 0 Å². The average molecular weight is 161 g/mol. The molecule has 2 rings (SSSR count). The molecule has 0 spiro atoms. The molecule has 0 atom stereocenters. The van der Waals surface area contributed by atoms with E-state index in [4.69, 9.17) is 0 Å². The third kappa shape index (κ3) is 0.881. The molecule has 1 heterocycles. The van der Waals surface area contributed by atoms with Crippen LogP contribution in [0.3, 0.4) is 0 Å². The number of aryl methyl sites for hydroxylation is 2. The zero-order chi connectivity index (χ0) is 8.72. The molecule has 0 amide bonds. The molecule has 0 unspecified atom stereocenters. The van der Waals surface area contributed by atoms with Gasteiger partial charge in [0, 0.05) is 22.7 Å². The lowest BCUT2D eigenvalue weighted by atomic mass is 10.1. The van der Waals surface area contributed by atoms with Crippen molar-refractivity contribution in [1.29, 1.82) is 0 Å². The second-order valence-electron chi connectivity index (χ2n) is 3.10. The van der Waals surface area contributed by atoms with Crippen LogP contribution in [-0.4, -0.2) is 10.1 Å². The number of hydrogen-bond acceptors (Lipinski definition) is 1. The van der Waals surface area contributed by atoms with Crippen molar-refractivity contribution < 1.29 is 5.11 Å². The van der Waals surface area contributed by atoms with Gasteiger partial charge in [-0.25, -0.2) is 0 Å². The summed E-state index contributed by atoms with van der Waals surface area (Å²) in [6, 6.07) is 5.39. The molecule has 0 radical (unpaired) electrons. The van der Waals surface area contributed by atoms with Crippen molar-refractivity contribution >= 4 is 10.9 Å². The Morgan fingerprint density at radius 2 is 2.00 bits per heavy atom. The lowest BCUT2D eigenvalue weighted by Gasteiger charge is -1.92.